The number of amides is 1. The SMILES string of the molecule is Cl.O=C(NCC1CNC1)c1cccc(COc2cccc(F)c2)c1. The highest BCUT2D eigenvalue weighted by molar-refractivity contribution is 5.94. The molecule has 2 aromatic rings. The quantitative estimate of drug-likeness (QED) is 0.842. The Labute approximate surface area is 146 Å². The molecule has 0 saturated carbocycles. The van der Waals surface area contributed by atoms with Gasteiger partial charge in [0.2, 0.25) is 0 Å². The van der Waals surface area contributed by atoms with Gasteiger partial charge in [-0.25, -0.2) is 4.39 Å². The Morgan fingerprint density at radius 2 is 2.00 bits per heavy atom. The molecule has 0 unspecified atom stereocenters. The average molecular weight is 351 g/mol. The summed E-state index contributed by atoms with van der Waals surface area (Å²) in [6, 6.07) is 13.3. The van der Waals surface area contributed by atoms with E-state index in [2.05, 4.69) is 10.6 Å². The molecule has 0 aliphatic carbocycles. The highest BCUT2D eigenvalue weighted by Gasteiger charge is 2.17. The molecule has 1 amide bonds. The van der Waals surface area contributed by atoms with Crippen LogP contribution in [0.2, 0.25) is 0 Å². The lowest BCUT2D eigenvalue weighted by atomic mass is 10.0. The Morgan fingerprint density at radius 1 is 1.21 bits per heavy atom. The predicted molar refractivity (Wildman–Crippen MR) is 93.1 cm³/mol. The zero-order chi connectivity index (χ0) is 16.1. The highest BCUT2D eigenvalue weighted by atomic mass is 35.5. The first kappa shape index (κ1) is 18.2. The van der Waals surface area contributed by atoms with Crippen LogP contribution in [0.1, 0.15) is 15.9 Å². The molecule has 3 rings (SSSR count). The fourth-order valence-corrected chi connectivity index (χ4v) is 2.36. The van der Waals surface area contributed by atoms with Crippen LogP contribution in [0, 0.1) is 11.7 Å². The topological polar surface area (TPSA) is 50.4 Å². The molecule has 0 atom stereocenters. The van der Waals surface area contributed by atoms with Crippen LogP contribution in [-0.2, 0) is 6.61 Å². The summed E-state index contributed by atoms with van der Waals surface area (Å²) in [6.07, 6.45) is 0. The molecule has 0 aromatic heterocycles. The van der Waals surface area contributed by atoms with Gasteiger partial charge in [-0.3, -0.25) is 4.79 Å². The van der Waals surface area contributed by atoms with Crippen LogP contribution >= 0.6 is 12.4 Å². The van der Waals surface area contributed by atoms with Crippen LogP contribution in [0.5, 0.6) is 5.75 Å². The number of carbonyl (C=O) groups is 1. The van der Waals surface area contributed by atoms with Gasteiger partial charge in [-0.1, -0.05) is 18.2 Å². The number of hydrogen-bond donors (Lipinski definition) is 2. The van der Waals surface area contributed by atoms with Gasteiger partial charge in [0.1, 0.15) is 18.2 Å². The lowest BCUT2D eigenvalue weighted by Gasteiger charge is -2.27. The van der Waals surface area contributed by atoms with Crippen LogP contribution < -0.4 is 15.4 Å². The number of benzene rings is 2. The molecule has 6 heteroatoms. The van der Waals surface area contributed by atoms with Gasteiger partial charge < -0.3 is 15.4 Å². The first-order valence-corrected chi connectivity index (χ1v) is 7.67. The van der Waals surface area contributed by atoms with E-state index in [-0.39, 0.29) is 30.7 Å². The molecule has 1 heterocycles. The Morgan fingerprint density at radius 3 is 2.71 bits per heavy atom. The second-order valence-electron chi connectivity index (χ2n) is 5.68. The maximum atomic E-state index is 13.1. The number of carbonyl (C=O) groups excluding carboxylic acids is 1. The Hall–Kier alpha value is -2.11. The van der Waals surface area contributed by atoms with Crippen LogP contribution in [0.4, 0.5) is 4.39 Å². The first-order valence-electron chi connectivity index (χ1n) is 7.67. The van der Waals surface area contributed by atoms with Crippen LogP contribution in [0.25, 0.3) is 0 Å². The predicted octanol–water partition coefficient (Wildman–Crippen LogP) is 2.78. The van der Waals surface area contributed by atoms with Crippen molar-refractivity contribution in [2.45, 2.75) is 6.61 Å². The third kappa shape index (κ3) is 4.94. The molecule has 128 valence electrons. The molecule has 4 nitrogen and oxygen atoms in total. The summed E-state index contributed by atoms with van der Waals surface area (Å²) in [7, 11) is 0. The maximum absolute atomic E-state index is 13.1. The lowest BCUT2D eigenvalue weighted by Crippen LogP contribution is -2.48. The van der Waals surface area contributed by atoms with Crippen molar-refractivity contribution >= 4 is 18.3 Å². The second kappa shape index (κ2) is 8.66. The molecule has 0 spiro atoms. The summed E-state index contributed by atoms with van der Waals surface area (Å²) in [6.45, 7) is 2.90. The smallest absolute Gasteiger partial charge is 0.251 e. The van der Waals surface area contributed by atoms with Gasteiger partial charge in [0, 0.05) is 37.2 Å². The first-order chi connectivity index (χ1) is 11.2. The molecule has 1 aliphatic heterocycles. The summed E-state index contributed by atoms with van der Waals surface area (Å²) in [5.74, 6) is 0.585. The van der Waals surface area contributed by atoms with E-state index in [1.165, 1.54) is 12.1 Å². The Kier molecular flexibility index (Phi) is 6.58. The van der Waals surface area contributed by atoms with Gasteiger partial charge in [0.05, 0.1) is 0 Å². The van der Waals surface area contributed by atoms with Crippen LogP contribution in [0.15, 0.2) is 48.5 Å². The van der Waals surface area contributed by atoms with E-state index in [4.69, 9.17) is 4.74 Å². The normalized spacial score (nSPS) is 13.5. The maximum Gasteiger partial charge on any atom is 0.251 e. The number of hydrogen-bond acceptors (Lipinski definition) is 3. The van der Waals surface area contributed by atoms with E-state index in [9.17, 15) is 9.18 Å². The van der Waals surface area contributed by atoms with Crippen molar-refractivity contribution in [1.29, 1.82) is 0 Å². The monoisotopic (exact) mass is 350 g/mol. The largest absolute Gasteiger partial charge is 0.489 e. The summed E-state index contributed by atoms with van der Waals surface area (Å²) in [5.41, 5.74) is 1.48. The van der Waals surface area contributed by atoms with E-state index in [0.717, 1.165) is 18.7 Å². The van der Waals surface area contributed by atoms with Gasteiger partial charge in [0.25, 0.3) is 5.91 Å². The fraction of sp³-hybridized carbons (Fsp3) is 0.278. The van der Waals surface area contributed by atoms with Gasteiger partial charge in [0.15, 0.2) is 0 Å². The lowest BCUT2D eigenvalue weighted by molar-refractivity contribution is 0.0942. The van der Waals surface area contributed by atoms with Gasteiger partial charge in [-0.15, -0.1) is 12.4 Å². The molecular weight excluding hydrogens is 331 g/mol. The Balaban J connectivity index is 0.00000208. The molecule has 1 fully saturated rings. The zero-order valence-electron chi connectivity index (χ0n) is 13.1. The van der Waals surface area contributed by atoms with E-state index < -0.39 is 0 Å². The molecule has 1 saturated heterocycles. The summed E-state index contributed by atoms with van der Waals surface area (Å²) >= 11 is 0. The number of halogens is 2. The Bertz CT molecular complexity index is 692. The van der Waals surface area contributed by atoms with E-state index in [1.54, 1.807) is 24.3 Å². The van der Waals surface area contributed by atoms with Crippen molar-refractivity contribution in [3.8, 4) is 5.75 Å². The van der Waals surface area contributed by atoms with Crippen molar-refractivity contribution in [1.82, 2.24) is 10.6 Å². The van der Waals surface area contributed by atoms with E-state index in [0.29, 0.717) is 23.8 Å². The van der Waals surface area contributed by atoms with Crippen molar-refractivity contribution in [2.75, 3.05) is 19.6 Å². The summed E-state index contributed by atoms with van der Waals surface area (Å²) < 4.78 is 18.7. The van der Waals surface area contributed by atoms with Gasteiger partial charge >= 0.3 is 0 Å². The molecule has 0 bridgehead atoms. The minimum atomic E-state index is -0.332. The van der Waals surface area contributed by atoms with E-state index >= 15 is 0 Å². The third-order valence-corrected chi connectivity index (χ3v) is 3.81. The minimum Gasteiger partial charge on any atom is -0.489 e. The summed E-state index contributed by atoms with van der Waals surface area (Å²) in [4.78, 5) is 12.1. The van der Waals surface area contributed by atoms with Crippen molar-refractivity contribution < 1.29 is 13.9 Å². The van der Waals surface area contributed by atoms with Gasteiger partial charge in [-0.2, -0.15) is 0 Å². The van der Waals surface area contributed by atoms with E-state index in [1.807, 2.05) is 12.1 Å². The molecule has 2 N–H and O–H groups in total. The van der Waals surface area contributed by atoms with Crippen molar-refractivity contribution in [3.05, 3.63) is 65.5 Å². The molecule has 1 aliphatic rings. The third-order valence-electron chi connectivity index (χ3n) is 3.81. The minimum absolute atomic E-state index is 0. The van der Waals surface area contributed by atoms with Crippen molar-refractivity contribution in [3.63, 3.8) is 0 Å². The van der Waals surface area contributed by atoms with Gasteiger partial charge in [-0.05, 0) is 29.8 Å². The molecular formula is C18H20ClFN2O2. The highest BCUT2D eigenvalue weighted by Crippen LogP contribution is 2.15. The number of rotatable bonds is 6. The number of nitrogens with one attached hydrogen (secondary N) is 2. The zero-order valence-corrected chi connectivity index (χ0v) is 13.9. The van der Waals surface area contributed by atoms with Crippen molar-refractivity contribution in [2.24, 2.45) is 5.92 Å². The molecule has 0 radical (unpaired) electrons. The number of ether oxygens (including phenoxy) is 1. The van der Waals surface area contributed by atoms with Crippen LogP contribution in [-0.4, -0.2) is 25.5 Å². The molecule has 2 aromatic carbocycles. The summed E-state index contributed by atoms with van der Waals surface area (Å²) in [5, 5.41) is 6.12. The fourth-order valence-electron chi connectivity index (χ4n) is 2.36. The average Bonchev–Trinajstić information content (AvgIpc) is 2.52. The standard InChI is InChI=1S/C18H19FN2O2.ClH/c19-16-5-2-6-17(8-16)23-12-13-3-1-4-15(7-13)18(22)21-11-14-9-20-10-14;/h1-8,14,20H,9-12H2,(H,21,22);1H. The van der Waals surface area contributed by atoms with Crippen LogP contribution in [0.3, 0.4) is 0 Å². The second-order valence-corrected chi connectivity index (χ2v) is 5.68. The molecule has 24 heavy (non-hydrogen) atoms.